The predicted molar refractivity (Wildman–Crippen MR) is 46.7 cm³/mol. The summed E-state index contributed by atoms with van der Waals surface area (Å²) in [6.07, 6.45) is 4.23. The third-order valence-corrected chi connectivity index (χ3v) is 1.97. The van der Waals surface area contributed by atoms with Crippen molar-refractivity contribution in [3.63, 3.8) is 0 Å². The minimum absolute atomic E-state index is 0.0703. The van der Waals surface area contributed by atoms with E-state index in [1.165, 1.54) is 0 Å². The molecule has 0 spiro atoms. The van der Waals surface area contributed by atoms with Crippen molar-refractivity contribution in [1.29, 1.82) is 0 Å². The summed E-state index contributed by atoms with van der Waals surface area (Å²) in [5, 5.41) is 11.1. The molecule has 0 N–H and O–H groups in total. The van der Waals surface area contributed by atoms with Gasteiger partial charge in [0.25, 0.3) is 0 Å². The van der Waals surface area contributed by atoms with Gasteiger partial charge in [0.2, 0.25) is 0 Å². The lowest BCUT2D eigenvalue weighted by Crippen LogP contribution is -2.27. The molecule has 0 bridgehead atoms. The first-order chi connectivity index (χ1) is 5.26. The fraction of sp³-hybridized carbons (Fsp3) is 0.889. The molecule has 0 saturated heterocycles. The van der Waals surface area contributed by atoms with Crippen LogP contribution in [0.1, 0.15) is 39.5 Å². The topological polar surface area (TPSA) is 35.4 Å². The minimum Gasteiger partial charge on any atom is -0.862 e. The van der Waals surface area contributed by atoms with Gasteiger partial charge in [-0.15, -0.1) is 0 Å². The molecule has 2 heteroatoms. The smallest absolute Gasteiger partial charge is 0.0266 e. The van der Waals surface area contributed by atoms with Crippen LogP contribution in [0.2, 0.25) is 0 Å². The molecule has 0 aliphatic carbocycles. The van der Waals surface area contributed by atoms with Crippen LogP contribution in [-0.4, -0.2) is 12.9 Å². The molecule has 0 aromatic rings. The molecule has 0 aromatic heterocycles. The fourth-order valence-corrected chi connectivity index (χ4v) is 1.14. The van der Waals surface area contributed by atoms with Gasteiger partial charge < -0.3 is 10.1 Å². The van der Waals surface area contributed by atoms with E-state index < -0.39 is 0 Å². The summed E-state index contributed by atoms with van der Waals surface area (Å²) >= 11 is 0. The van der Waals surface area contributed by atoms with Gasteiger partial charge in [-0.3, -0.25) is 0 Å². The molecular formula is C9H18NO-. The maximum atomic E-state index is 11.1. The van der Waals surface area contributed by atoms with Crippen LogP contribution in [0.4, 0.5) is 0 Å². The molecule has 0 aliphatic rings. The lowest BCUT2D eigenvalue weighted by atomic mass is 9.99. The summed E-state index contributed by atoms with van der Waals surface area (Å²) in [5.74, 6) is 0.251. The van der Waals surface area contributed by atoms with Crippen molar-refractivity contribution in [3.05, 3.63) is 0 Å². The monoisotopic (exact) mass is 156 g/mol. The van der Waals surface area contributed by atoms with Crippen molar-refractivity contribution in [3.8, 4) is 0 Å². The van der Waals surface area contributed by atoms with Crippen LogP contribution in [0.15, 0.2) is 4.99 Å². The number of rotatable bonds is 5. The highest BCUT2D eigenvalue weighted by molar-refractivity contribution is 5.73. The molecule has 1 atom stereocenters. The summed E-state index contributed by atoms with van der Waals surface area (Å²) in [4.78, 5) is 3.67. The summed E-state index contributed by atoms with van der Waals surface area (Å²) in [5.41, 5.74) is 0. The summed E-state index contributed by atoms with van der Waals surface area (Å²) in [6, 6.07) is 0. The average Bonchev–Trinajstić information content (AvgIpc) is 2.05. The van der Waals surface area contributed by atoms with Crippen molar-refractivity contribution in [2.45, 2.75) is 39.5 Å². The second kappa shape index (κ2) is 6.20. The molecule has 0 amide bonds. The van der Waals surface area contributed by atoms with Crippen LogP contribution in [0.5, 0.6) is 0 Å². The van der Waals surface area contributed by atoms with Crippen molar-refractivity contribution in [1.82, 2.24) is 0 Å². The molecule has 1 unspecified atom stereocenters. The highest BCUT2D eigenvalue weighted by Crippen LogP contribution is 2.11. The van der Waals surface area contributed by atoms with Gasteiger partial charge in [-0.2, -0.15) is 0 Å². The van der Waals surface area contributed by atoms with E-state index in [1.54, 1.807) is 7.05 Å². The Morgan fingerprint density at radius 2 is 2.09 bits per heavy atom. The Balaban J connectivity index is 3.75. The number of unbranched alkanes of at least 4 members (excludes halogenated alkanes) is 1. The number of hydrogen-bond acceptors (Lipinski definition) is 2. The summed E-state index contributed by atoms with van der Waals surface area (Å²) < 4.78 is 0. The molecule has 0 saturated carbocycles. The van der Waals surface area contributed by atoms with E-state index in [0.717, 1.165) is 25.7 Å². The first kappa shape index (κ1) is 10.5. The molecule has 0 aromatic carbocycles. The zero-order valence-corrected chi connectivity index (χ0v) is 7.76. The summed E-state index contributed by atoms with van der Waals surface area (Å²) in [7, 11) is 1.58. The highest BCUT2D eigenvalue weighted by atomic mass is 16.3. The Labute approximate surface area is 69.3 Å². The highest BCUT2D eigenvalue weighted by Gasteiger charge is 2.03. The Morgan fingerprint density at radius 1 is 1.45 bits per heavy atom. The SMILES string of the molecule is CCCCC(CC)C([O-])=NC. The maximum Gasteiger partial charge on any atom is 0.0266 e. The Kier molecular flexibility index (Phi) is 5.90. The molecule has 11 heavy (non-hydrogen) atoms. The zero-order chi connectivity index (χ0) is 8.69. The number of nitrogens with zero attached hydrogens (tertiary/aromatic N) is 1. The first-order valence-corrected chi connectivity index (χ1v) is 4.39. The van der Waals surface area contributed by atoms with Gasteiger partial charge in [0.1, 0.15) is 0 Å². The molecule has 0 heterocycles. The molecule has 66 valence electrons. The normalized spacial score (nSPS) is 15.0. The first-order valence-electron chi connectivity index (χ1n) is 4.39. The number of aliphatic imine (C=N–C) groups is 1. The molecule has 0 fully saturated rings. The van der Waals surface area contributed by atoms with E-state index >= 15 is 0 Å². The predicted octanol–water partition coefficient (Wildman–Crippen LogP) is 1.59. The second-order valence-corrected chi connectivity index (χ2v) is 2.81. The standard InChI is InChI=1S/C9H19NO/c1-4-6-7-8(5-2)9(11)10-3/h8H,4-7H2,1-3H3,(H,10,11)/p-1. The summed E-state index contributed by atoms with van der Waals surface area (Å²) in [6.45, 7) is 4.18. The maximum absolute atomic E-state index is 11.1. The van der Waals surface area contributed by atoms with Gasteiger partial charge in [-0.05, 0) is 24.7 Å². The molecule has 2 nitrogen and oxygen atoms in total. The van der Waals surface area contributed by atoms with Gasteiger partial charge in [0.15, 0.2) is 0 Å². The van der Waals surface area contributed by atoms with Crippen LogP contribution < -0.4 is 5.11 Å². The van der Waals surface area contributed by atoms with Crippen molar-refractivity contribution in [2.24, 2.45) is 10.9 Å². The van der Waals surface area contributed by atoms with E-state index in [0.29, 0.717) is 0 Å². The van der Waals surface area contributed by atoms with Crippen LogP contribution in [0, 0.1) is 5.92 Å². The van der Waals surface area contributed by atoms with Crippen LogP contribution >= 0.6 is 0 Å². The fourth-order valence-electron chi connectivity index (χ4n) is 1.14. The van der Waals surface area contributed by atoms with Crippen LogP contribution in [-0.2, 0) is 0 Å². The largest absolute Gasteiger partial charge is 0.862 e. The van der Waals surface area contributed by atoms with Gasteiger partial charge in [-0.1, -0.05) is 26.7 Å². The van der Waals surface area contributed by atoms with E-state index in [2.05, 4.69) is 11.9 Å². The van der Waals surface area contributed by atoms with Crippen molar-refractivity contribution in [2.75, 3.05) is 7.05 Å². The quantitative estimate of drug-likeness (QED) is 0.440. The van der Waals surface area contributed by atoms with Gasteiger partial charge in [-0.25, -0.2) is 0 Å². The average molecular weight is 156 g/mol. The number of hydrogen-bond donors (Lipinski definition) is 0. The molecule has 0 aliphatic heterocycles. The van der Waals surface area contributed by atoms with Crippen LogP contribution in [0.25, 0.3) is 0 Å². The lowest BCUT2D eigenvalue weighted by molar-refractivity contribution is -0.224. The lowest BCUT2D eigenvalue weighted by Gasteiger charge is -2.20. The zero-order valence-electron chi connectivity index (χ0n) is 7.76. The molecule has 0 radical (unpaired) electrons. The van der Waals surface area contributed by atoms with Crippen LogP contribution in [0.3, 0.4) is 0 Å². The Bertz CT molecular complexity index is 121. The van der Waals surface area contributed by atoms with E-state index in [9.17, 15) is 5.11 Å². The third-order valence-electron chi connectivity index (χ3n) is 1.97. The van der Waals surface area contributed by atoms with E-state index in [4.69, 9.17) is 0 Å². The minimum atomic E-state index is 0.0703. The van der Waals surface area contributed by atoms with Gasteiger partial charge in [0.05, 0.1) is 0 Å². The Hall–Kier alpha value is -0.530. The Morgan fingerprint density at radius 3 is 2.45 bits per heavy atom. The molecular weight excluding hydrogens is 138 g/mol. The van der Waals surface area contributed by atoms with Crippen molar-refractivity contribution < 1.29 is 5.11 Å². The van der Waals surface area contributed by atoms with Gasteiger partial charge >= 0.3 is 0 Å². The molecule has 0 rings (SSSR count). The van der Waals surface area contributed by atoms with E-state index in [1.807, 2.05) is 6.92 Å². The third kappa shape index (κ3) is 4.02. The van der Waals surface area contributed by atoms with E-state index in [-0.39, 0.29) is 11.8 Å². The van der Waals surface area contributed by atoms with Gasteiger partial charge in [0, 0.05) is 7.05 Å². The van der Waals surface area contributed by atoms with Crippen molar-refractivity contribution >= 4 is 5.90 Å². The second-order valence-electron chi connectivity index (χ2n) is 2.81.